The molecule has 3 N–H and O–H groups in total. The third kappa shape index (κ3) is 5.41. The Bertz CT molecular complexity index is 590. The van der Waals surface area contributed by atoms with Gasteiger partial charge in [-0.15, -0.1) is 0 Å². The maximum atomic E-state index is 11.5. The molecule has 0 amide bonds. The van der Waals surface area contributed by atoms with E-state index >= 15 is 0 Å². The molecule has 0 bridgehead atoms. The Kier molecular flexibility index (Phi) is 7.82. The van der Waals surface area contributed by atoms with Crippen molar-refractivity contribution in [1.29, 1.82) is 0 Å². The molecule has 23 heavy (non-hydrogen) atoms. The van der Waals surface area contributed by atoms with Crippen molar-refractivity contribution in [1.82, 2.24) is 10.7 Å². The Morgan fingerprint density at radius 2 is 2.13 bits per heavy atom. The summed E-state index contributed by atoms with van der Waals surface area (Å²) < 4.78 is 10.2. The van der Waals surface area contributed by atoms with Crippen LogP contribution in [0, 0.1) is 0 Å². The lowest BCUT2D eigenvalue weighted by atomic mass is 10.1. The topological polar surface area (TPSA) is 92.2 Å². The van der Waals surface area contributed by atoms with E-state index in [4.69, 9.17) is 21.7 Å². The predicted molar refractivity (Wildman–Crippen MR) is 92.7 cm³/mol. The van der Waals surface area contributed by atoms with Crippen LogP contribution < -0.4 is 20.2 Å². The molecule has 1 rings (SSSR count). The first-order chi connectivity index (χ1) is 11.0. The van der Waals surface area contributed by atoms with Crippen LogP contribution in [0.5, 0.6) is 11.5 Å². The molecule has 0 aliphatic rings. The van der Waals surface area contributed by atoms with Gasteiger partial charge in [0.25, 0.3) is 0 Å². The fourth-order valence-electron chi connectivity index (χ4n) is 1.85. The number of methoxy groups -OCH3 is 2. The number of aromatic carboxylic acids is 1. The van der Waals surface area contributed by atoms with Gasteiger partial charge in [0, 0.05) is 12.1 Å². The molecule has 0 saturated heterocycles. The van der Waals surface area contributed by atoms with Gasteiger partial charge < -0.3 is 19.9 Å². The van der Waals surface area contributed by atoms with Crippen LogP contribution in [0.2, 0.25) is 0 Å². The van der Waals surface area contributed by atoms with Gasteiger partial charge in [0.15, 0.2) is 16.6 Å². The number of hydrogen-bond acceptors (Lipinski definition) is 5. The van der Waals surface area contributed by atoms with Crippen molar-refractivity contribution >= 4 is 29.5 Å². The van der Waals surface area contributed by atoms with Crippen LogP contribution in [0.25, 0.3) is 0 Å². The number of nitrogens with one attached hydrogen (secondary N) is 2. The molecule has 0 aromatic heterocycles. The highest BCUT2D eigenvalue weighted by atomic mass is 32.1. The molecule has 7 nitrogen and oxygen atoms in total. The summed E-state index contributed by atoms with van der Waals surface area (Å²) in [5, 5.41) is 16.7. The SMILES string of the molecule is CCCCNC(=S)N/N=C\c1ccc(OC)c(OC)c1C(=O)O. The molecular weight excluding hydrogens is 318 g/mol. The van der Waals surface area contributed by atoms with Gasteiger partial charge in [0.2, 0.25) is 0 Å². The van der Waals surface area contributed by atoms with Crippen molar-refractivity contribution in [2.45, 2.75) is 19.8 Å². The number of carboxylic acid groups (broad SMARTS) is 1. The molecule has 8 heteroatoms. The van der Waals surface area contributed by atoms with Crippen molar-refractivity contribution in [3.8, 4) is 11.5 Å². The molecular formula is C15H21N3O4S. The summed E-state index contributed by atoms with van der Waals surface area (Å²) in [6.45, 7) is 2.84. The second kappa shape index (κ2) is 9.62. The van der Waals surface area contributed by atoms with E-state index in [0.717, 1.165) is 19.4 Å². The van der Waals surface area contributed by atoms with E-state index in [1.54, 1.807) is 12.1 Å². The fraction of sp³-hybridized carbons (Fsp3) is 0.400. The monoisotopic (exact) mass is 339 g/mol. The average molecular weight is 339 g/mol. The quantitative estimate of drug-likeness (QED) is 0.289. The number of hydrazone groups is 1. The smallest absolute Gasteiger partial charge is 0.340 e. The van der Waals surface area contributed by atoms with Crippen LogP contribution >= 0.6 is 12.2 Å². The van der Waals surface area contributed by atoms with Crippen LogP contribution in [0.15, 0.2) is 17.2 Å². The highest BCUT2D eigenvalue weighted by Gasteiger charge is 2.19. The Labute approximate surface area is 140 Å². The number of unbranched alkanes of at least 4 members (excludes halogenated alkanes) is 1. The number of carboxylic acids is 1. The van der Waals surface area contributed by atoms with E-state index in [0.29, 0.717) is 16.4 Å². The van der Waals surface area contributed by atoms with Gasteiger partial charge in [0.05, 0.1) is 20.4 Å². The third-order valence-electron chi connectivity index (χ3n) is 2.98. The van der Waals surface area contributed by atoms with E-state index in [2.05, 4.69) is 22.8 Å². The zero-order chi connectivity index (χ0) is 17.2. The molecule has 0 fully saturated rings. The lowest BCUT2D eigenvalue weighted by Gasteiger charge is -2.12. The lowest BCUT2D eigenvalue weighted by molar-refractivity contribution is 0.0692. The average Bonchev–Trinajstić information content (AvgIpc) is 2.54. The molecule has 0 unspecified atom stereocenters. The van der Waals surface area contributed by atoms with Crippen LogP contribution in [-0.4, -0.2) is 43.2 Å². The molecule has 0 spiro atoms. The van der Waals surface area contributed by atoms with Gasteiger partial charge in [-0.25, -0.2) is 4.79 Å². The normalized spacial score (nSPS) is 10.4. The molecule has 126 valence electrons. The van der Waals surface area contributed by atoms with Gasteiger partial charge in [-0.05, 0) is 30.8 Å². The molecule has 0 aliphatic heterocycles. The number of hydrogen-bond donors (Lipinski definition) is 3. The maximum absolute atomic E-state index is 11.5. The van der Waals surface area contributed by atoms with E-state index in [9.17, 15) is 9.90 Å². The molecule has 0 radical (unpaired) electrons. The van der Waals surface area contributed by atoms with Gasteiger partial charge >= 0.3 is 5.97 Å². The summed E-state index contributed by atoms with van der Waals surface area (Å²) in [4.78, 5) is 11.5. The maximum Gasteiger partial charge on any atom is 0.340 e. The van der Waals surface area contributed by atoms with E-state index < -0.39 is 5.97 Å². The zero-order valence-corrected chi connectivity index (χ0v) is 14.2. The van der Waals surface area contributed by atoms with Crippen LogP contribution in [-0.2, 0) is 0 Å². The molecule has 0 aliphatic carbocycles. The first kappa shape index (κ1) is 18.7. The van der Waals surface area contributed by atoms with Gasteiger partial charge in [-0.3, -0.25) is 5.43 Å². The minimum Gasteiger partial charge on any atom is -0.493 e. The number of nitrogens with zero attached hydrogens (tertiary/aromatic N) is 1. The first-order valence-corrected chi connectivity index (χ1v) is 7.51. The fourth-order valence-corrected chi connectivity index (χ4v) is 2.00. The summed E-state index contributed by atoms with van der Waals surface area (Å²) >= 11 is 5.06. The van der Waals surface area contributed by atoms with Crippen molar-refractivity contribution in [2.75, 3.05) is 20.8 Å². The summed E-state index contributed by atoms with van der Waals surface area (Å²) in [7, 11) is 2.83. The van der Waals surface area contributed by atoms with Crippen molar-refractivity contribution in [3.63, 3.8) is 0 Å². The molecule has 1 aromatic rings. The third-order valence-corrected chi connectivity index (χ3v) is 3.21. The van der Waals surface area contributed by atoms with Gasteiger partial charge in [-0.1, -0.05) is 13.3 Å². The zero-order valence-electron chi connectivity index (χ0n) is 13.4. The van der Waals surface area contributed by atoms with Gasteiger partial charge in [-0.2, -0.15) is 5.10 Å². The Balaban J connectivity index is 2.89. The van der Waals surface area contributed by atoms with E-state index in [1.807, 2.05) is 0 Å². The largest absolute Gasteiger partial charge is 0.493 e. The number of carbonyl (C=O) groups is 1. The Morgan fingerprint density at radius 1 is 1.39 bits per heavy atom. The van der Waals surface area contributed by atoms with E-state index in [1.165, 1.54) is 20.4 Å². The highest BCUT2D eigenvalue weighted by Crippen LogP contribution is 2.32. The van der Waals surface area contributed by atoms with Crippen LogP contribution in [0.4, 0.5) is 0 Å². The predicted octanol–water partition coefficient (Wildman–Crippen LogP) is 2.00. The Morgan fingerprint density at radius 3 is 2.70 bits per heavy atom. The molecule has 1 aromatic carbocycles. The van der Waals surface area contributed by atoms with E-state index in [-0.39, 0.29) is 11.3 Å². The molecule has 0 saturated carbocycles. The minimum absolute atomic E-state index is 0.0257. The second-order valence-electron chi connectivity index (χ2n) is 4.55. The first-order valence-electron chi connectivity index (χ1n) is 7.10. The summed E-state index contributed by atoms with van der Waals surface area (Å²) in [6.07, 6.45) is 3.44. The Hall–Kier alpha value is -2.35. The summed E-state index contributed by atoms with van der Waals surface area (Å²) in [5.41, 5.74) is 3.00. The van der Waals surface area contributed by atoms with Crippen LogP contribution in [0.3, 0.4) is 0 Å². The lowest BCUT2D eigenvalue weighted by Crippen LogP contribution is -2.32. The van der Waals surface area contributed by atoms with Gasteiger partial charge in [0.1, 0.15) is 5.56 Å². The number of ether oxygens (including phenoxy) is 2. The van der Waals surface area contributed by atoms with Crippen molar-refractivity contribution in [2.24, 2.45) is 5.10 Å². The summed E-state index contributed by atoms with van der Waals surface area (Å²) in [5.74, 6) is -0.648. The highest BCUT2D eigenvalue weighted by molar-refractivity contribution is 7.80. The number of thiocarbonyl (C=S) groups is 1. The van der Waals surface area contributed by atoms with Crippen LogP contribution in [0.1, 0.15) is 35.7 Å². The van der Waals surface area contributed by atoms with Crippen molar-refractivity contribution in [3.05, 3.63) is 23.3 Å². The minimum atomic E-state index is -1.13. The van der Waals surface area contributed by atoms with Crippen molar-refractivity contribution < 1.29 is 19.4 Å². The number of rotatable bonds is 8. The summed E-state index contributed by atoms with van der Waals surface area (Å²) in [6, 6.07) is 3.20. The standard InChI is InChI=1S/C15H21N3O4S/c1-4-5-8-16-15(23)18-17-9-10-6-7-11(21-2)13(22-3)12(10)14(19)20/h6-7,9H,4-5,8H2,1-3H3,(H,19,20)(H2,16,18,23)/b17-9-. The molecule has 0 heterocycles. The molecule has 0 atom stereocenters. The number of benzene rings is 1. The second-order valence-corrected chi connectivity index (χ2v) is 4.96.